The van der Waals surface area contributed by atoms with Crippen molar-refractivity contribution in [2.45, 2.75) is 18.7 Å². The van der Waals surface area contributed by atoms with Crippen molar-refractivity contribution < 1.29 is 13.2 Å². The summed E-state index contributed by atoms with van der Waals surface area (Å²) in [6.07, 6.45) is 2.30. The molecule has 0 saturated carbocycles. The minimum atomic E-state index is -3.69. The molecule has 0 spiro atoms. The van der Waals surface area contributed by atoms with E-state index in [4.69, 9.17) is 0 Å². The minimum Gasteiger partial charge on any atom is -0.298 e. The Morgan fingerprint density at radius 3 is 2.32 bits per heavy atom. The van der Waals surface area contributed by atoms with E-state index in [1.807, 2.05) is 13.8 Å². The maximum atomic E-state index is 12.8. The van der Waals surface area contributed by atoms with Crippen molar-refractivity contribution >= 4 is 27.2 Å². The zero-order valence-electron chi connectivity index (χ0n) is 12.3. The number of fused-ring (bicyclic) bond motifs is 1. The molecule has 0 atom stereocenters. The number of carbonyl (C=O) groups excluding carboxylic acids is 1. The molecule has 22 heavy (non-hydrogen) atoms. The van der Waals surface area contributed by atoms with E-state index in [2.05, 4.69) is 0 Å². The Hall–Kier alpha value is -2.40. The first-order valence-electron chi connectivity index (χ1n) is 6.82. The van der Waals surface area contributed by atoms with Crippen LogP contribution in [0.25, 0.3) is 10.9 Å². The van der Waals surface area contributed by atoms with Gasteiger partial charge in [0.2, 0.25) is 0 Å². The van der Waals surface area contributed by atoms with Gasteiger partial charge in [-0.05, 0) is 37.6 Å². The number of hydrogen-bond acceptors (Lipinski definition) is 3. The van der Waals surface area contributed by atoms with Gasteiger partial charge in [-0.2, -0.15) is 0 Å². The van der Waals surface area contributed by atoms with Crippen molar-refractivity contribution in [2.24, 2.45) is 0 Å². The first kappa shape index (κ1) is 14.5. The third kappa shape index (κ3) is 2.23. The van der Waals surface area contributed by atoms with Gasteiger partial charge in [0.15, 0.2) is 0 Å². The molecule has 3 aromatic rings. The SMILES string of the molecule is Cc1ccc(S(=O)(=O)n2cc(C)c3ccc(C=O)cc32)cc1. The fourth-order valence-corrected chi connectivity index (χ4v) is 3.89. The Labute approximate surface area is 129 Å². The number of nitrogens with zero attached hydrogens (tertiary/aromatic N) is 1. The number of hydrogen-bond donors (Lipinski definition) is 0. The van der Waals surface area contributed by atoms with Gasteiger partial charge in [-0.25, -0.2) is 12.4 Å². The molecule has 5 heteroatoms. The number of aryl methyl sites for hydroxylation is 2. The number of carbonyl (C=O) groups is 1. The molecule has 1 aromatic heterocycles. The highest BCUT2D eigenvalue weighted by Gasteiger charge is 2.20. The highest BCUT2D eigenvalue weighted by molar-refractivity contribution is 7.90. The molecule has 0 aliphatic carbocycles. The zero-order chi connectivity index (χ0) is 15.9. The summed E-state index contributed by atoms with van der Waals surface area (Å²) in [5.41, 5.74) is 2.81. The van der Waals surface area contributed by atoms with Crippen LogP contribution in [0.15, 0.2) is 53.6 Å². The average molecular weight is 313 g/mol. The van der Waals surface area contributed by atoms with E-state index in [9.17, 15) is 13.2 Å². The second-order valence-electron chi connectivity index (χ2n) is 5.32. The standard InChI is InChI=1S/C17H15NO3S/c1-12-3-6-15(7-4-12)22(20,21)18-10-13(2)16-8-5-14(11-19)9-17(16)18/h3-11H,1-2H3. The Bertz CT molecular complexity index is 967. The minimum absolute atomic E-state index is 0.228. The van der Waals surface area contributed by atoms with Gasteiger partial charge in [0.1, 0.15) is 6.29 Å². The molecule has 0 amide bonds. The predicted octanol–water partition coefficient (Wildman–Crippen LogP) is 3.31. The third-order valence-electron chi connectivity index (χ3n) is 3.71. The van der Waals surface area contributed by atoms with Gasteiger partial charge in [0.05, 0.1) is 10.4 Å². The number of benzene rings is 2. The van der Waals surface area contributed by atoms with E-state index < -0.39 is 10.0 Å². The quantitative estimate of drug-likeness (QED) is 0.697. The molecule has 1 heterocycles. The monoisotopic (exact) mass is 313 g/mol. The normalized spacial score (nSPS) is 11.7. The van der Waals surface area contributed by atoms with Gasteiger partial charge >= 0.3 is 0 Å². The van der Waals surface area contributed by atoms with E-state index in [1.54, 1.807) is 48.7 Å². The Morgan fingerprint density at radius 2 is 1.68 bits per heavy atom. The van der Waals surface area contributed by atoms with Gasteiger partial charge in [-0.3, -0.25) is 4.79 Å². The van der Waals surface area contributed by atoms with Crippen LogP contribution in [-0.4, -0.2) is 18.7 Å². The van der Waals surface area contributed by atoms with Crippen LogP contribution in [0.3, 0.4) is 0 Å². The van der Waals surface area contributed by atoms with Crippen LogP contribution < -0.4 is 0 Å². The summed E-state index contributed by atoms with van der Waals surface area (Å²) in [5.74, 6) is 0. The van der Waals surface area contributed by atoms with Crippen LogP contribution >= 0.6 is 0 Å². The maximum Gasteiger partial charge on any atom is 0.268 e. The summed E-state index contributed by atoms with van der Waals surface area (Å²) in [4.78, 5) is 11.2. The molecule has 4 nitrogen and oxygen atoms in total. The molecule has 3 rings (SSSR count). The number of aromatic nitrogens is 1. The predicted molar refractivity (Wildman–Crippen MR) is 85.8 cm³/mol. The highest BCUT2D eigenvalue weighted by atomic mass is 32.2. The molecular weight excluding hydrogens is 298 g/mol. The molecule has 0 radical (unpaired) electrons. The van der Waals surface area contributed by atoms with Crippen LogP contribution in [-0.2, 0) is 10.0 Å². The fourth-order valence-electron chi connectivity index (χ4n) is 2.48. The molecule has 0 unspecified atom stereocenters. The molecule has 0 bridgehead atoms. The van der Waals surface area contributed by atoms with E-state index >= 15 is 0 Å². The van der Waals surface area contributed by atoms with Gasteiger partial charge in [-0.15, -0.1) is 0 Å². The van der Waals surface area contributed by atoms with Gasteiger partial charge in [0.25, 0.3) is 10.0 Å². The summed E-state index contributed by atoms with van der Waals surface area (Å²) in [6.45, 7) is 3.76. The molecule has 0 aliphatic heterocycles. The van der Waals surface area contributed by atoms with Gasteiger partial charge in [-0.1, -0.05) is 29.8 Å². The van der Waals surface area contributed by atoms with Gasteiger partial charge in [0, 0.05) is 17.1 Å². The lowest BCUT2D eigenvalue weighted by molar-refractivity contribution is 0.112. The smallest absolute Gasteiger partial charge is 0.268 e. The summed E-state index contributed by atoms with van der Waals surface area (Å²) >= 11 is 0. The molecular formula is C17H15NO3S. The maximum absolute atomic E-state index is 12.8. The Morgan fingerprint density at radius 1 is 1.00 bits per heavy atom. The van der Waals surface area contributed by atoms with Crippen molar-refractivity contribution in [3.8, 4) is 0 Å². The first-order chi connectivity index (χ1) is 10.4. The lowest BCUT2D eigenvalue weighted by Gasteiger charge is -2.08. The molecule has 2 aromatic carbocycles. The highest BCUT2D eigenvalue weighted by Crippen LogP contribution is 2.26. The van der Waals surface area contributed by atoms with Crippen molar-refractivity contribution in [2.75, 3.05) is 0 Å². The van der Waals surface area contributed by atoms with E-state index in [0.717, 1.165) is 16.5 Å². The van der Waals surface area contributed by atoms with Crippen LogP contribution in [0.4, 0.5) is 0 Å². The Kier molecular flexibility index (Phi) is 3.37. The second-order valence-corrected chi connectivity index (χ2v) is 7.14. The molecule has 0 fully saturated rings. The van der Waals surface area contributed by atoms with E-state index in [1.165, 1.54) is 3.97 Å². The summed E-state index contributed by atoms with van der Waals surface area (Å²) in [6, 6.07) is 11.8. The topological polar surface area (TPSA) is 56.1 Å². The molecule has 0 saturated heterocycles. The van der Waals surface area contributed by atoms with Crippen molar-refractivity contribution in [1.29, 1.82) is 0 Å². The summed E-state index contributed by atoms with van der Waals surface area (Å²) in [7, 11) is -3.69. The Balaban J connectivity index is 2.28. The van der Waals surface area contributed by atoms with Crippen molar-refractivity contribution in [1.82, 2.24) is 3.97 Å². The van der Waals surface area contributed by atoms with Crippen LogP contribution in [0.5, 0.6) is 0 Å². The lowest BCUT2D eigenvalue weighted by atomic mass is 10.1. The van der Waals surface area contributed by atoms with E-state index in [0.29, 0.717) is 17.4 Å². The fraction of sp³-hybridized carbons (Fsp3) is 0.118. The molecule has 0 N–H and O–H groups in total. The first-order valence-corrected chi connectivity index (χ1v) is 8.26. The second kappa shape index (κ2) is 5.10. The summed E-state index contributed by atoms with van der Waals surface area (Å²) < 4.78 is 26.9. The largest absolute Gasteiger partial charge is 0.298 e. The molecule has 0 aliphatic rings. The lowest BCUT2D eigenvalue weighted by Crippen LogP contribution is -2.11. The number of rotatable bonds is 3. The zero-order valence-corrected chi connectivity index (χ0v) is 13.1. The summed E-state index contributed by atoms with van der Waals surface area (Å²) in [5, 5.41) is 0.821. The van der Waals surface area contributed by atoms with Gasteiger partial charge < -0.3 is 0 Å². The number of aldehydes is 1. The van der Waals surface area contributed by atoms with E-state index in [-0.39, 0.29) is 4.90 Å². The van der Waals surface area contributed by atoms with Crippen LogP contribution in [0.1, 0.15) is 21.5 Å². The molecule has 112 valence electrons. The van der Waals surface area contributed by atoms with Crippen molar-refractivity contribution in [3.63, 3.8) is 0 Å². The third-order valence-corrected chi connectivity index (χ3v) is 5.40. The van der Waals surface area contributed by atoms with Crippen LogP contribution in [0, 0.1) is 13.8 Å². The van der Waals surface area contributed by atoms with Crippen molar-refractivity contribution in [3.05, 3.63) is 65.4 Å². The average Bonchev–Trinajstić information content (AvgIpc) is 2.85. The van der Waals surface area contributed by atoms with Crippen LogP contribution in [0.2, 0.25) is 0 Å².